The summed E-state index contributed by atoms with van der Waals surface area (Å²) in [5.41, 5.74) is 4.26. The molecule has 0 N–H and O–H groups in total. The number of hydrogen-bond acceptors (Lipinski definition) is 6. The Labute approximate surface area is 236 Å². The van der Waals surface area contributed by atoms with Crippen LogP contribution in [0.2, 0.25) is 5.02 Å². The van der Waals surface area contributed by atoms with Crippen molar-refractivity contribution in [3.8, 4) is 22.8 Å². The van der Waals surface area contributed by atoms with Crippen molar-refractivity contribution >= 4 is 63.7 Å². The summed E-state index contributed by atoms with van der Waals surface area (Å²) in [4.78, 5) is 11.4. The van der Waals surface area contributed by atoms with Crippen molar-refractivity contribution in [2.45, 2.75) is 6.61 Å². The molecule has 37 heavy (non-hydrogen) atoms. The van der Waals surface area contributed by atoms with E-state index in [4.69, 9.17) is 44.3 Å². The molecule has 4 rings (SSSR count). The summed E-state index contributed by atoms with van der Waals surface area (Å²) in [7, 11) is 1.65. The molecular formula is C28H26Cl3N3O2S. The number of rotatable bonds is 12. The fraction of sp³-hybridized carbons (Fsp3) is 0.214. The molecule has 0 aliphatic heterocycles. The van der Waals surface area contributed by atoms with Crippen molar-refractivity contribution in [2.24, 2.45) is 4.99 Å². The number of halogens is 3. The highest BCUT2D eigenvalue weighted by Gasteiger charge is 2.12. The molecule has 0 spiro atoms. The molecule has 5 nitrogen and oxygen atoms in total. The van der Waals surface area contributed by atoms with Crippen molar-refractivity contribution < 1.29 is 9.47 Å². The van der Waals surface area contributed by atoms with Crippen LogP contribution in [0.15, 0.2) is 77.1 Å². The van der Waals surface area contributed by atoms with Crippen LogP contribution in [0.25, 0.3) is 11.3 Å². The normalized spacial score (nSPS) is 11.1. The molecule has 0 radical (unpaired) electrons. The Balaban J connectivity index is 1.45. The molecule has 0 unspecified atom stereocenters. The van der Waals surface area contributed by atoms with E-state index >= 15 is 0 Å². The second-order valence-corrected chi connectivity index (χ2v) is 10.1. The molecule has 0 aliphatic rings. The Bertz CT molecular complexity index is 1330. The number of alkyl halides is 2. The zero-order valence-corrected chi connectivity index (χ0v) is 23.3. The molecule has 0 amide bonds. The standard InChI is InChI=1S/C28H26Cl3N3O2S/c1-35-27-15-20(7-10-26(27)34(13-11-29)14-12-30)17-32-21-8-9-23(24(31)16-21)25-19-37-28(33-25)18-36-22-5-3-2-4-6-22/h2-10,15-17,19H,11-14,18H2,1H3. The summed E-state index contributed by atoms with van der Waals surface area (Å²) in [6, 6.07) is 21.3. The van der Waals surface area contributed by atoms with Crippen LogP contribution in [0.4, 0.5) is 11.4 Å². The van der Waals surface area contributed by atoms with Gasteiger partial charge in [-0.2, -0.15) is 0 Å². The zero-order chi connectivity index (χ0) is 26.0. The first-order valence-corrected chi connectivity index (χ1v) is 13.9. The molecule has 0 atom stereocenters. The fourth-order valence-electron chi connectivity index (χ4n) is 3.70. The molecule has 4 aromatic rings. The maximum absolute atomic E-state index is 6.60. The van der Waals surface area contributed by atoms with Crippen LogP contribution in [0.1, 0.15) is 10.6 Å². The van der Waals surface area contributed by atoms with Gasteiger partial charge in [-0.3, -0.25) is 4.99 Å². The van der Waals surface area contributed by atoms with Gasteiger partial charge in [-0.05, 0) is 48.0 Å². The summed E-state index contributed by atoms with van der Waals surface area (Å²) in [5.74, 6) is 2.56. The lowest BCUT2D eigenvalue weighted by Gasteiger charge is -2.25. The van der Waals surface area contributed by atoms with E-state index in [1.54, 1.807) is 24.7 Å². The van der Waals surface area contributed by atoms with E-state index < -0.39 is 0 Å². The molecule has 0 aliphatic carbocycles. The second kappa shape index (κ2) is 13.7. The van der Waals surface area contributed by atoms with Crippen LogP contribution in [0.5, 0.6) is 11.5 Å². The third kappa shape index (κ3) is 7.39. The minimum atomic E-state index is 0.409. The monoisotopic (exact) mass is 573 g/mol. The molecule has 1 aromatic heterocycles. The molecule has 0 fully saturated rings. The van der Waals surface area contributed by atoms with Crippen molar-refractivity contribution in [3.63, 3.8) is 0 Å². The number of hydrogen-bond donors (Lipinski definition) is 0. The Morgan fingerprint density at radius 3 is 2.49 bits per heavy atom. The first-order chi connectivity index (χ1) is 18.1. The van der Waals surface area contributed by atoms with E-state index in [9.17, 15) is 0 Å². The van der Waals surface area contributed by atoms with Gasteiger partial charge in [0.2, 0.25) is 0 Å². The quantitative estimate of drug-likeness (QED) is 0.127. The number of para-hydroxylation sites is 1. The van der Waals surface area contributed by atoms with Gasteiger partial charge in [-0.25, -0.2) is 4.98 Å². The molecular weight excluding hydrogens is 549 g/mol. The number of aromatic nitrogens is 1. The van der Waals surface area contributed by atoms with E-state index in [2.05, 4.69) is 14.9 Å². The lowest BCUT2D eigenvalue weighted by molar-refractivity contribution is 0.305. The third-order valence-electron chi connectivity index (χ3n) is 5.50. The zero-order valence-electron chi connectivity index (χ0n) is 20.2. The lowest BCUT2D eigenvalue weighted by atomic mass is 10.1. The number of benzene rings is 3. The van der Waals surface area contributed by atoms with Crippen LogP contribution in [0.3, 0.4) is 0 Å². The molecule has 0 saturated heterocycles. The van der Waals surface area contributed by atoms with Crippen molar-refractivity contribution in [1.82, 2.24) is 4.98 Å². The SMILES string of the molecule is COc1cc(C=Nc2ccc(-c3csc(COc4ccccc4)n3)c(Cl)c2)ccc1N(CCCl)CCCl. The molecule has 1 heterocycles. The number of nitrogens with zero attached hydrogens (tertiary/aromatic N) is 3. The molecule has 9 heteroatoms. The van der Waals surface area contributed by atoms with E-state index in [-0.39, 0.29) is 0 Å². The minimum Gasteiger partial charge on any atom is -0.495 e. The molecule has 192 valence electrons. The lowest BCUT2D eigenvalue weighted by Crippen LogP contribution is -2.28. The van der Waals surface area contributed by atoms with Gasteiger partial charge in [-0.1, -0.05) is 35.9 Å². The number of aliphatic imine (C=N–C) groups is 1. The van der Waals surface area contributed by atoms with Gasteiger partial charge < -0.3 is 14.4 Å². The van der Waals surface area contributed by atoms with Crippen LogP contribution in [-0.2, 0) is 6.61 Å². The summed E-state index contributed by atoms with van der Waals surface area (Å²) >= 11 is 20.1. The van der Waals surface area contributed by atoms with Gasteiger partial charge in [0.15, 0.2) is 0 Å². The Hall–Kier alpha value is -2.77. The van der Waals surface area contributed by atoms with Crippen LogP contribution in [-0.4, -0.2) is 43.2 Å². The predicted octanol–water partition coefficient (Wildman–Crippen LogP) is 8.09. The number of anilines is 1. The van der Waals surface area contributed by atoms with Crippen LogP contribution < -0.4 is 14.4 Å². The van der Waals surface area contributed by atoms with Crippen LogP contribution >= 0.6 is 46.1 Å². The van der Waals surface area contributed by atoms with E-state index in [0.717, 1.165) is 44.7 Å². The minimum absolute atomic E-state index is 0.409. The topological polar surface area (TPSA) is 47.0 Å². The summed E-state index contributed by atoms with van der Waals surface area (Å²) in [6.07, 6.45) is 1.78. The van der Waals surface area contributed by atoms with Crippen molar-refractivity contribution in [3.05, 3.63) is 87.7 Å². The molecule has 0 bridgehead atoms. The van der Waals surface area contributed by atoms with Crippen LogP contribution in [0, 0.1) is 0 Å². The largest absolute Gasteiger partial charge is 0.495 e. The number of ether oxygens (including phenoxy) is 2. The van der Waals surface area contributed by atoms with Gasteiger partial charge in [0.1, 0.15) is 23.1 Å². The second-order valence-electron chi connectivity index (χ2n) is 7.95. The van der Waals surface area contributed by atoms with Gasteiger partial charge in [-0.15, -0.1) is 34.5 Å². The average Bonchev–Trinajstić information content (AvgIpc) is 3.40. The van der Waals surface area contributed by atoms with Gasteiger partial charge in [0.25, 0.3) is 0 Å². The third-order valence-corrected chi connectivity index (χ3v) is 6.98. The average molecular weight is 575 g/mol. The number of thiazole rings is 1. The highest BCUT2D eigenvalue weighted by atomic mass is 35.5. The Morgan fingerprint density at radius 1 is 1.00 bits per heavy atom. The van der Waals surface area contributed by atoms with Gasteiger partial charge >= 0.3 is 0 Å². The smallest absolute Gasteiger partial charge is 0.142 e. The summed E-state index contributed by atoms with van der Waals surface area (Å²) < 4.78 is 11.4. The van der Waals surface area contributed by atoms with E-state index in [1.807, 2.05) is 72.1 Å². The Morgan fingerprint density at radius 2 is 1.78 bits per heavy atom. The van der Waals surface area contributed by atoms with E-state index in [0.29, 0.717) is 36.5 Å². The van der Waals surface area contributed by atoms with E-state index in [1.165, 1.54) is 0 Å². The summed E-state index contributed by atoms with van der Waals surface area (Å²) in [6.45, 7) is 1.78. The summed E-state index contributed by atoms with van der Waals surface area (Å²) in [5, 5.41) is 3.45. The first kappa shape index (κ1) is 27.3. The van der Waals surface area contributed by atoms with Gasteiger partial charge in [0.05, 0.1) is 29.2 Å². The molecule has 0 saturated carbocycles. The highest BCUT2D eigenvalue weighted by Crippen LogP contribution is 2.33. The van der Waals surface area contributed by atoms with Crippen molar-refractivity contribution in [2.75, 3.05) is 36.9 Å². The Kier molecular flexibility index (Phi) is 10.1. The maximum atomic E-state index is 6.60. The first-order valence-electron chi connectivity index (χ1n) is 11.6. The number of methoxy groups -OCH3 is 1. The van der Waals surface area contributed by atoms with Crippen molar-refractivity contribution in [1.29, 1.82) is 0 Å². The fourth-order valence-corrected chi connectivity index (χ4v) is 5.08. The maximum Gasteiger partial charge on any atom is 0.142 e. The van der Waals surface area contributed by atoms with Gasteiger partial charge in [0, 0.05) is 42.0 Å². The highest BCUT2D eigenvalue weighted by molar-refractivity contribution is 7.09. The predicted molar refractivity (Wildman–Crippen MR) is 157 cm³/mol. The molecule has 3 aromatic carbocycles.